The summed E-state index contributed by atoms with van der Waals surface area (Å²) in [5, 5.41) is 10.5. The molecule has 156 valence electrons. The lowest BCUT2D eigenvalue weighted by atomic mass is 10.1. The molecule has 1 aliphatic heterocycles. The van der Waals surface area contributed by atoms with Crippen molar-refractivity contribution in [1.82, 2.24) is 4.90 Å². The smallest absolute Gasteiger partial charge is 0.293 e. The molecular weight excluding hydrogens is 476 g/mol. The zero-order valence-electron chi connectivity index (χ0n) is 16.1. The number of methoxy groups -OCH3 is 1. The number of thioether (sulfide) groups is 1. The third kappa shape index (κ3) is 4.65. The van der Waals surface area contributed by atoms with E-state index >= 15 is 0 Å². The van der Waals surface area contributed by atoms with Gasteiger partial charge in [0.1, 0.15) is 0 Å². The van der Waals surface area contributed by atoms with E-state index in [0.717, 1.165) is 16.7 Å². The number of benzene rings is 2. The van der Waals surface area contributed by atoms with Gasteiger partial charge in [0.2, 0.25) is 0 Å². The maximum absolute atomic E-state index is 12.8. The van der Waals surface area contributed by atoms with E-state index < -0.39 is 16.1 Å². The Hall–Kier alpha value is -2.85. The highest BCUT2D eigenvalue weighted by molar-refractivity contribution is 9.10. The Morgan fingerprint density at radius 3 is 2.67 bits per heavy atom. The number of nitro benzene ring substituents is 1. The van der Waals surface area contributed by atoms with Crippen molar-refractivity contribution < 1.29 is 24.0 Å². The van der Waals surface area contributed by atoms with E-state index in [0.29, 0.717) is 33.7 Å². The summed E-state index contributed by atoms with van der Waals surface area (Å²) in [7, 11) is 1.52. The number of amides is 2. The Bertz CT molecular complexity index is 1060. The number of rotatable bonds is 7. The van der Waals surface area contributed by atoms with Crippen LogP contribution in [0.15, 0.2) is 45.8 Å². The number of hydrogen-bond donors (Lipinski definition) is 0. The molecule has 8 nitrogen and oxygen atoms in total. The van der Waals surface area contributed by atoms with Gasteiger partial charge in [-0.05, 0) is 48.0 Å². The molecule has 2 aromatic rings. The van der Waals surface area contributed by atoms with Gasteiger partial charge in [0, 0.05) is 16.6 Å². The van der Waals surface area contributed by atoms with Gasteiger partial charge < -0.3 is 9.47 Å². The monoisotopic (exact) mass is 492 g/mol. The molecule has 1 saturated heterocycles. The van der Waals surface area contributed by atoms with Gasteiger partial charge >= 0.3 is 0 Å². The summed E-state index contributed by atoms with van der Waals surface area (Å²) in [6.45, 7) is 2.29. The number of imide groups is 1. The van der Waals surface area contributed by atoms with E-state index in [9.17, 15) is 19.7 Å². The number of non-ortho nitro benzene ring substituents is 1. The highest BCUT2D eigenvalue weighted by Gasteiger charge is 2.35. The normalized spacial score (nSPS) is 15.0. The molecule has 2 aromatic carbocycles. The Kier molecular flexibility index (Phi) is 6.78. The van der Waals surface area contributed by atoms with Crippen molar-refractivity contribution in [3.05, 3.63) is 67.0 Å². The van der Waals surface area contributed by atoms with E-state index in [1.165, 1.54) is 25.3 Å². The molecule has 0 bridgehead atoms. The van der Waals surface area contributed by atoms with Crippen molar-refractivity contribution in [2.24, 2.45) is 0 Å². The summed E-state index contributed by atoms with van der Waals surface area (Å²) in [6, 6.07) is 9.31. The molecule has 10 heteroatoms. The number of carbonyl (C=O) groups is 2. The largest absolute Gasteiger partial charge is 0.493 e. The molecule has 2 amide bonds. The van der Waals surface area contributed by atoms with E-state index in [4.69, 9.17) is 9.47 Å². The Morgan fingerprint density at radius 2 is 2.00 bits per heavy atom. The van der Waals surface area contributed by atoms with Crippen LogP contribution in [-0.2, 0) is 11.3 Å². The first-order valence-electron chi connectivity index (χ1n) is 8.83. The number of hydrogen-bond acceptors (Lipinski definition) is 7. The standard InChI is InChI=1S/C20H17BrN2O6S/c1-3-29-17-10-15(21)13(8-16(17)28-2)9-18-19(24)22(20(25)30-18)11-12-5-4-6-14(7-12)23(26)27/h4-10H,3,11H2,1-2H3. The van der Waals surface area contributed by atoms with Crippen LogP contribution < -0.4 is 9.47 Å². The van der Waals surface area contributed by atoms with Crippen molar-refractivity contribution in [2.75, 3.05) is 13.7 Å². The van der Waals surface area contributed by atoms with Crippen LogP contribution in [0.25, 0.3) is 6.08 Å². The first-order valence-corrected chi connectivity index (χ1v) is 10.4. The quantitative estimate of drug-likeness (QED) is 0.304. The molecule has 0 atom stereocenters. The zero-order valence-corrected chi connectivity index (χ0v) is 18.5. The SMILES string of the molecule is CCOc1cc(Br)c(C=C2SC(=O)N(Cc3cccc([N+](=O)[O-])c3)C2=O)cc1OC. The number of carbonyl (C=O) groups excluding carboxylic acids is 2. The van der Waals surface area contributed by atoms with Gasteiger partial charge in [-0.3, -0.25) is 24.6 Å². The summed E-state index contributed by atoms with van der Waals surface area (Å²) in [6.07, 6.45) is 1.60. The van der Waals surface area contributed by atoms with Gasteiger partial charge in [0.25, 0.3) is 16.8 Å². The summed E-state index contributed by atoms with van der Waals surface area (Å²) in [5.74, 6) is 0.598. The average Bonchev–Trinajstić information content (AvgIpc) is 2.97. The lowest BCUT2D eigenvalue weighted by Gasteiger charge is -2.13. The summed E-state index contributed by atoms with van der Waals surface area (Å²) < 4.78 is 11.5. The summed E-state index contributed by atoms with van der Waals surface area (Å²) >= 11 is 4.26. The topological polar surface area (TPSA) is 99.0 Å². The van der Waals surface area contributed by atoms with E-state index in [-0.39, 0.29) is 17.1 Å². The average molecular weight is 493 g/mol. The summed E-state index contributed by atoms with van der Waals surface area (Å²) in [4.78, 5) is 36.9. The van der Waals surface area contributed by atoms with Crippen LogP contribution in [0.2, 0.25) is 0 Å². The summed E-state index contributed by atoms with van der Waals surface area (Å²) in [5.41, 5.74) is 1.05. The number of halogens is 1. The van der Waals surface area contributed by atoms with Crippen molar-refractivity contribution in [2.45, 2.75) is 13.5 Å². The molecular formula is C20H17BrN2O6S. The van der Waals surface area contributed by atoms with Crippen LogP contribution >= 0.6 is 27.7 Å². The maximum Gasteiger partial charge on any atom is 0.293 e. The van der Waals surface area contributed by atoms with Crippen LogP contribution in [0.4, 0.5) is 10.5 Å². The van der Waals surface area contributed by atoms with Crippen molar-refractivity contribution in [1.29, 1.82) is 0 Å². The van der Waals surface area contributed by atoms with Crippen LogP contribution in [0, 0.1) is 10.1 Å². The van der Waals surface area contributed by atoms with Gasteiger partial charge in [-0.2, -0.15) is 0 Å². The molecule has 0 unspecified atom stereocenters. The fourth-order valence-electron chi connectivity index (χ4n) is 2.82. The lowest BCUT2D eigenvalue weighted by Crippen LogP contribution is -2.27. The van der Waals surface area contributed by atoms with Gasteiger partial charge in [-0.15, -0.1) is 0 Å². The highest BCUT2D eigenvalue weighted by Crippen LogP contribution is 2.38. The van der Waals surface area contributed by atoms with E-state index in [1.54, 1.807) is 24.3 Å². The maximum atomic E-state index is 12.8. The van der Waals surface area contributed by atoms with Crippen LogP contribution in [-0.4, -0.2) is 34.7 Å². The van der Waals surface area contributed by atoms with Gasteiger partial charge in [-0.1, -0.05) is 28.1 Å². The first-order chi connectivity index (χ1) is 14.3. The number of nitro groups is 1. The second kappa shape index (κ2) is 9.31. The van der Waals surface area contributed by atoms with Gasteiger partial charge in [0.05, 0.1) is 30.1 Å². The van der Waals surface area contributed by atoms with E-state index in [2.05, 4.69) is 15.9 Å². The predicted molar refractivity (Wildman–Crippen MR) is 116 cm³/mol. The molecule has 1 heterocycles. The molecule has 0 spiro atoms. The minimum Gasteiger partial charge on any atom is -0.493 e. The molecule has 1 fully saturated rings. The minimum absolute atomic E-state index is 0.0442. The molecule has 30 heavy (non-hydrogen) atoms. The Morgan fingerprint density at radius 1 is 1.23 bits per heavy atom. The number of ether oxygens (including phenoxy) is 2. The lowest BCUT2D eigenvalue weighted by molar-refractivity contribution is -0.384. The number of nitrogens with zero attached hydrogens (tertiary/aromatic N) is 2. The highest BCUT2D eigenvalue weighted by atomic mass is 79.9. The fourth-order valence-corrected chi connectivity index (χ4v) is 4.08. The zero-order chi connectivity index (χ0) is 21.8. The Balaban J connectivity index is 1.86. The van der Waals surface area contributed by atoms with Crippen LogP contribution in [0.3, 0.4) is 0 Å². The molecule has 0 N–H and O–H groups in total. The predicted octanol–water partition coefficient (Wildman–Crippen LogP) is 5.00. The Labute approximate surface area is 185 Å². The second-order valence-corrected chi connectivity index (χ2v) is 8.00. The third-order valence-corrected chi connectivity index (χ3v) is 5.80. The molecule has 0 aromatic heterocycles. The van der Waals surface area contributed by atoms with Crippen molar-refractivity contribution >= 4 is 50.6 Å². The van der Waals surface area contributed by atoms with Crippen LogP contribution in [0.5, 0.6) is 11.5 Å². The molecule has 0 radical (unpaired) electrons. The fraction of sp³-hybridized carbons (Fsp3) is 0.200. The van der Waals surface area contributed by atoms with Crippen molar-refractivity contribution in [3.8, 4) is 11.5 Å². The van der Waals surface area contributed by atoms with Gasteiger partial charge in [-0.25, -0.2) is 0 Å². The van der Waals surface area contributed by atoms with Crippen molar-refractivity contribution in [3.63, 3.8) is 0 Å². The van der Waals surface area contributed by atoms with Crippen LogP contribution in [0.1, 0.15) is 18.1 Å². The van der Waals surface area contributed by atoms with Gasteiger partial charge in [0.15, 0.2) is 11.5 Å². The molecule has 1 aliphatic rings. The third-order valence-electron chi connectivity index (χ3n) is 4.21. The molecule has 3 rings (SSSR count). The minimum atomic E-state index is -0.520. The van der Waals surface area contributed by atoms with E-state index in [1.807, 2.05) is 6.92 Å². The molecule has 0 aliphatic carbocycles. The first kappa shape index (κ1) is 21.8. The second-order valence-electron chi connectivity index (χ2n) is 6.15. The molecule has 0 saturated carbocycles.